The molecule has 0 saturated carbocycles. The van der Waals surface area contributed by atoms with E-state index in [0.29, 0.717) is 6.42 Å². The summed E-state index contributed by atoms with van der Waals surface area (Å²) in [6.07, 6.45) is 1.33. The highest BCUT2D eigenvalue weighted by Crippen LogP contribution is 2.35. The molecule has 0 aliphatic rings. The largest absolute Gasteiger partial charge is 0.480 e. The van der Waals surface area contributed by atoms with E-state index >= 15 is 0 Å². The van der Waals surface area contributed by atoms with E-state index in [1.54, 1.807) is 88.4 Å². The minimum absolute atomic E-state index is 0.0313. The predicted molar refractivity (Wildman–Crippen MR) is 343 cm³/mol. The Morgan fingerprint density at radius 1 is 0.562 bits per heavy atom. The molecule has 0 aliphatic heterocycles. The predicted octanol–water partition coefficient (Wildman–Crippen LogP) is 5.68. The van der Waals surface area contributed by atoms with Gasteiger partial charge in [-0.1, -0.05) is 116 Å². The van der Waals surface area contributed by atoms with Crippen molar-refractivity contribution in [3.05, 3.63) is 12.2 Å². The summed E-state index contributed by atoms with van der Waals surface area (Å²) in [6, 6.07) is -9.06. The van der Waals surface area contributed by atoms with Gasteiger partial charge in [0.1, 0.15) is 24.2 Å². The van der Waals surface area contributed by atoms with Crippen LogP contribution in [0.4, 0.5) is 0 Å². The molecule has 0 aromatic heterocycles. The second-order valence-electron chi connectivity index (χ2n) is 27.2. The van der Waals surface area contributed by atoms with Crippen LogP contribution < -0.4 is 21.3 Å². The molecule has 23 nitrogen and oxygen atoms in total. The number of carboxylic acids is 1. The van der Waals surface area contributed by atoms with Gasteiger partial charge < -0.3 is 60.6 Å². The van der Waals surface area contributed by atoms with Gasteiger partial charge in [-0.15, -0.1) is 0 Å². The topological polar surface area (TPSA) is 308 Å². The second kappa shape index (κ2) is 38.9. The third-order valence-corrected chi connectivity index (χ3v) is 17.1. The summed E-state index contributed by atoms with van der Waals surface area (Å²) < 4.78 is 11.2. The number of nitrogens with zero attached hydrogens (tertiary/aromatic N) is 4. The first-order valence-electron chi connectivity index (χ1n) is 31.9. The highest BCUT2D eigenvalue weighted by Gasteiger charge is 2.48. The molecule has 512 valence electrons. The van der Waals surface area contributed by atoms with Gasteiger partial charge in [0.05, 0.1) is 30.3 Å². The van der Waals surface area contributed by atoms with E-state index in [1.807, 2.05) is 41.5 Å². The van der Waals surface area contributed by atoms with Crippen LogP contribution in [0.5, 0.6) is 0 Å². The zero-order valence-electron chi connectivity index (χ0n) is 58.8. The van der Waals surface area contributed by atoms with Gasteiger partial charge in [-0.2, -0.15) is 0 Å². The highest BCUT2D eigenvalue weighted by molar-refractivity contribution is 5.99. The monoisotopic (exact) mass is 1260 g/mol. The van der Waals surface area contributed by atoms with E-state index in [0.717, 1.165) is 0 Å². The lowest BCUT2D eigenvalue weighted by molar-refractivity contribution is -0.191. The summed E-state index contributed by atoms with van der Waals surface area (Å²) >= 11 is 0. The molecule has 0 unspecified atom stereocenters. The summed E-state index contributed by atoms with van der Waals surface area (Å²) in [7, 11) is 10.4. The number of Topliss-reactive ketones (excluding diaryl/α,β-unsaturated/α-hetero) is 3. The Bertz CT molecular complexity index is 2370. The number of carbonyl (C=O) groups excluding carboxylic acids is 10. The number of aliphatic hydroxyl groups excluding tert-OH is 1. The van der Waals surface area contributed by atoms with Crippen molar-refractivity contribution >= 4 is 64.7 Å². The number of methoxy groups -OCH3 is 2. The van der Waals surface area contributed by atoms with Crippen LogP contribution in [0.25, 0.3) is 0 Å². The number of rotatable bonds is 42. The zero-order chi connectivity index (χ0) is 69.4. The molecule has 13 atom stereocenters. The molecular weight excluding hydrogens is 1140 g/mol. The summed E-state index contributed by atoms with van der Waals surface area (Å²) in [5, 5.41) is 31.9. The molecular formula is C66H118N8O15. The van der Waals surface area contributed by atoms with Crippen molar-refractivity contribution in [1.82, 2.24) is 40.9 Å². The first-order chi connectivity index (χ1) is 41.1. The number of nitrogens with one attached hydrogen (secondary N) is 4. The van der Waals surface area contributed by atoms with E-state index in [4.69, 9.17) is 9.47 Å². The van der Waals surface area contributed by atoms with Gasteiger partial charge in [0.2, 0.25) is 41.4 Å². The number of ketones is 3. The second-order valence-corrected chi connectivity index (χ2v) is 27.2. The Balaban J connectivity index is 6.84. The maximum Gasteiger partial charge on any atom is 0.326 e. The first kappa shape index (κ1) is 83.4. The minimum atomic E-state index is -1.59. The average Bonchev–Trinajstić information content (AvgIpc) is 0.980. The average molecular weight is 1260 g/mol. The Kier molecular flexibility index (Phi) is 36.4. The number of ether oxygens (including phenoxy) is 2. The normalized spacial score (nSPS) is 16.5. The first-order valence-corrected chi connectivity index (χ1v) is 31.9. The van der Waals surface area contributed by atoms with Crippen molar-refractivity contribution in [2.45, 2.75) is 237 Å². The maximum absolute atomic E-state index is 14.7. The van der Waals surface area contributed by atoms with E-state index in [1.165, 1.54) is 75.9 Å². The number of carboxylic acid groups (broad SMARTS) is 1. The van der Waals surface area contributed by atoms with Crippen molar-refractivity contribution in [2.24, 2.45) is 58.7 Å². The lowest BCUT2D eigenvalue weighted by Crippen LogP contribution is -2.61. The van der Waals surface area contributed by atoms with Crippen LogP contribution in [0.2, 0.25) is 0 Å². The molecule has 0 rings (SSSR count). The smallest absolute Gasteiger partial charge is 0.326 e. The Labute approximate surface area is 533 Å². The molecule has 0 aliphatic carbocycles. The van der Waals surface area contributed by atoms with E-state index in [2.05, 4.69) is 21.3 Å². The molecule has 0 fully saturated rings. The number of hydrogen-bond donors (Lipinski definition) is 6. The molecule has 89 heavy (non-hydrogen) atoms. The van der Waals surface area contributed by atoms with Crippen LogP contribution in [-0.2, 0) is 62.2 Å². The molecule has 0 radical (unpaired) electrons. The van der Waals surface area contributed by atoms with Gasteiger partial charge in [-0.3, -0.25) is 47.9 Å². The van der Waals surface area contributed by atoms with E-state index in [9.17, 15) is 63.0 Å². The van der Waals surface area contributed by atoms with Crippen molar-refractivity contribution in [2.75, 3.05) is 49.5 Å². The highest BCUT2D eigenvalue weighted by atomic mass is 16.7. The molecule has 0 heterocycles. The van der Waals surface area contributed by atoms with Crippen molar-refractivity contribution in [3.63, 3.8) is 0 Å². The molecule has 0 saturated heterocycles. The minimum Gasteiger partial charge on any atom is -0.480 e. The molecule has 0 aromatic carbocycles. The third-order valence-electron chi connectivity index (χ3n) is 17.1. The lowest BCUT2D eigenvalue weighted by Gasteiger charge is -2.43. The van der Waals surface area contributed by atoms with Crippen LogP contribution in [0.15, 0.2) is 12.2 Å². The number of allylic oxidation sites excluding steroid dienone is 2. The number of hydrogen-bond acceptors (Lipinski definition) is 15. The summed E-state index contributed by atoms with van der Waals surface area (Å²) in [6.45, 7) is 31.5. The Morgan fingerprint density at radius 3 is 1.47 bits per heavy atom. The van der Waals surface area contributed by atoms with Crippen LogP contribution in [-0.4, -0.2) is 205 Å². The zero-order valence-corrected chi connectivity index (χ0v) is 58.8. The van der Waals surface area contributed by atoms with Gasteiger partial charge in [-0.25, -0.2) is 4.79 Å². The van der Waals surface area contributed by atoms with Crippen molar-refractivity contribution < 1.29 is 72.4 Å². The Hall–Kier alpha value is -5.65. The number of aliphatic hydroxyl groups is 1. The summed E-state index contributed by atoms with van der Waals surface area (Å²) in [5.41, 5.74) is -1.09. The quantitative estimate of drug-likeness (QED) is 0.0317. The van der Waals surface area contributed by atoms with Crippen LogP contribution >= 0.6 is 0 Å². The summed E-state index contributed by atoms with van der Waals surface area (Å²) in [4.78, 5) is 160. The molecule has 7 amide bonds. The maximum atomic E-state index is 14.7. The van der Waals surface area contributed by atoms with E-state index in [-0.39, 0.29) is 74.5 Å². The van der Waals surface area contributed by atoms with E-state index < -0.39 is 154 Å². The van der Waals surface area contributed by atoms with Crippen molar-refractivity contribution in [3.8, 4) is 0 Å². The number of aliphatic carboxylic acids is 1. The fourth-order valence-electron chi connectivity index (χ4n) is 11.7. The molecule has 6 N–H and O–H groups in total. The number of likely N-dealkylation sites (N-methyl/N-ethyl adjacent to an activating group) is 5. The molecule has 0 aromatic rings. The molecule has 0 bridgehead atoms. The van der Waals surface area contributed by atoms with Crippen LogP contribution in [0, 0.1) is 58.7 Å². The van der Waals surface area contributed by atoms with Gasteiger partial charge in [0.15, 0.2) is 23.6 Å². The summed E-state index contributed by atoms with van der Waals surface area (Å²) in [5.74, 6) is -11.5. The van der Waals surface area contributed by atoms with Gasteiger partial charge in [0, 0.05) is 84.8 Å². The van der Waals surface area contributed by atoms with Gasteiger partial charge in [0.25, 0.3) is 0 Å². The lowest BCUT2D eigenvalue weighted by atomic mass is 9.76. The van der Waals surface area contributed by atoms with Crippen LogP contribution in [0.1, 0.15) is 176 Å². The fourth-order valence-corrected chi connectivity index (χ4v) is 11.7. The van der Waals surface area contributed by atoms with Gasteiger partial charge in [-0.05, 0) is 95.4 Å². The standard InChI is InChI=1S/C66H118N8O15/c1-26-28-29-41(13)55(78)53(58(80)69-47(27-2)64(86)87)70-59(81)54(40(11)12)73(22)62(84)45(30-36(3)4)34-51(76)49(32-38(7)8)71(20)61(83)44(16)68-57(79)42(14)33-50(75)48(31-37(5)6)72(21)63(85)46(39(9)10)35-52(77)56(66(17,18)65(88-24)89-25)74(23)60(82)43(15)67-19/h26,28,36-49,53-56,65,67,78H,27,29-35H2,1-25H3,(H,68,79)(H,69,80)(H,70,81)(H,86,87)/b28-26+/t41-,42-,43-,44-,45-,46+,47+,48+,49+,53+,54+,55-,56-/m1/s1. The molecule has 23 heteroatoms. The third kappa shape index (κ3) is 24.8. The SMILES string of the molecule is C/C=C/C[C@@H](C)[C@@H](O)[C@H](NC(=O)[C@H](C(C)C)N(C)C(=O)[C@@H](CC(=O)[C@H](CC(C)C)N(C)C(=O)[C@@H](C)NC(=O)[C@H](C)CC(=O)[C@H](CC(C)C)N(C)C(=O)[C@@H](CC(=O)[C@@H](N(C)C(=O)[C@@H](C)NC)C(C)(C)C(OC)OC)C(C)C)CC(C)C)C(=O)N[C@@H](CC)C(=O)O. The molecule has 0 spiro atoms. The fraction of sp³-hybridized carbons (Fsp3) is 0.803. The van der Waals surface area contributed by atoms with Crippen molar-refractivity contribution in [1.29, 1.82) is 0 Å². The van der Waals surface area contributed by atoms with Gasteiger partial charge >= 0.3 is 5.97 Å². The number of amides is 7. The van der Waals surface area contributed by atoms with Crippen LogP contribution in [0.3, 0.4) is 0 Å². The Morgan fingerprint density at radius 2 is 1.04 bits per heavy atom. The number of carbonyl (C=O) groups is 11.